The lowest BCUT2D eigenvalue weighted by Gasteiger charge is -2.11. The Morgan fingerprint density at radius 1 is 0.280 bits per heavy atom. The molecule has 0 amide bonds. The van der Waals surface area contributed by atoms with Crippen LogP contribution in [0.3, 0.4) is 0 Å². The number of aromatic nitrogens is 1. The summed E-state index contributed by atoms with van der Waals surface area (Å²) < 4.78 is 8.58. The highest BCUT2D eigenvalue weighted by Gasteiger charge is 2.15. The first-order valence-corrected chi connectivity index (χ1v) is 17.1. The molecule has 10 rings (SSSR count). The number of para-hydroxylation sites is 1. The van der Waals surface area contributed by atoms with Crippen LogP contribution in [0.4, 0.5) is 0 Å². The molecule has 0 saturated carbocycles. The lowest BCUT2D eigenvalue weighted by atomic mass is 9.99. The number of benzene rings is 8. The molecule has 0 bridgehead atoms. The van der Waals surface area contributed by atoms with Gasteiger partial charge in [-0.1, -0.05) is 146 Å². The Kier molecular flexibility index (Phi) is 6.53. The second kappa shape index (κ2) is 11.5. The van der Waals surface area contributed by atoms with E-state index >= 15 is 0 Å². The fraction of sp³-hybridized carbons (Fsp3) is 0. The molecule has 2 heteroatoms. The third-order valence-electron chi connectivity index (χ3n) is 10.0. The van der Waals surface area contributed by atoms with Crippen molar-refractivity contribution in [3.05, 3.63) is 188 Å². The molecule has 2 aromatic heterocycles. The van der Waals surface area contributed by atoms with Gasteiger partial charge in [0.05, 0.1) is 11.0 Å². The molecule has 0 aliphatic carbocycles. The van der Waals surface area contributed by atoms with Gasteiger partial charge < -0.3 is 8.98 Å². The van der Waals surface area contributed by atoms with E-state index in [2.05, 4.69) is 180 Å². The highest BCUT2D eigenvalue weighted by atomic mass is 16.3. The van der Waals surface area contributed by atoms with Crippen molar-refractivity contribution in [1.82, 2.24) is 4.57 Å². The van der Waals surface area contributed by atoms with Crippen molar-refractivity contribution >= 4 is 43.7 Å². The first-order valence-electron chi connectivity index (χ1n) is 17.1. The Bertz CT molecular complexity index is 2730. The van der Waals surface area contributed by atoms with Gasteiger partial charge in [-0.25, -0.2) is 0 Å². The molecule has 0 radical (unpaired) electrons. The summed E-state index contributed by atoms with van der Waals surface area (Å²) in [5.74, 6) is 0. The molecule has 2 heterocycles. The van der Waals surface area contributed by atoms with E-state index in [1.54, 1.807) is 0 Å². The third-order valence-corrected chi connectivity index (χ3v) is 10.0. The minimum atomic E-state index is 0.917. The Morgan fingerprint density at radius 2 is 0.680 bits per heavy atom. The molecule has 50 heavy (non-hydrogen) atoms. The Hall–Kier alpha value is -6.64. The van der Waals surface area contributed by atoms with Crippen LogP contribution < -0.4 is 0 Å². The quantitative estimate of drug-likeness (QED) is 0.184. The van der Waals surface area contributed by atoms with Crippen molar-refractivity contribution in [2.24, 2.45) is 0 Å². The van der Waals surface area contributed by atoms with E-state index in [-0.39, 0.29) is 0 Å². The number of hydrogen-bond donors (Lipinski definition) is 0. The van der Waals surface area contributed by atoms with Crippen LogP contribution in [0.15, 0.2) is 192 Å². The van der Waals surface area contributed by atoms with E-state index in [1.807, 2.05) is 12.1 Å². The summed E-state index contributed by atoms with van der Waals surface area (Å²) in [6.45, 7) is 0. The second-order valence-electron chi connectivity index (χ2n) is 13.0. The van der Waals surface area contributed by atoms with E-state index in [1.165, 1.54) is 60.8 Å². The van der Waals surface area contributed by atoms with Crippen molar-refractivity contribution in [1.29, 1.82) is 0 Å². The number of rotatable bonds is 5. The molecular formula is C48H31NO. The minimum Gasteiger partial charge on any atom is -0.456 e. The zero-order valence-electron chi connectivity index (χ0n) is 27.3. The van der Waals surface area contributed by atoms with Crippen LogP contribution in [0.25, 0.3) is 93.9 Å². The summed E-state index contributed by atoms with van der Waals surface area (Å²) in [6, 6.07) is 67.5. The monoisotopic (exact) mass is 637 g/mol. The second-order valence-corrected chi connectivity index (χ2v) is 13.0. The largest absolute Gasteiger partial charge is 0.456 e. The summed E-state index contributed by atoms with van der Waals surface area (Å²) in [4.78, 5) is 0. The van der Waals surface area contributed by atoms with E-state index in [0.717, 1.165) is 33.2 Å². The maximum absolute atomic E-state index is 6.16. The predicted molar refractivity (Wildman–Crippen MR) is 210 cm³/mol. The summed E-state index contributed by atoms with van der Waals surface area (Å²) in [6.07, 6.45) is 0. The van der Waals surface area contributed by atoms with Gasteiger partial charge in [0.2, 0.25) is 0 Å². The van der Waals surface area contributed by atoms with Gasteiger partial charge in [0.15, 0.2) is 0 Å². The van der Waals surface area contributed by atoms with Crippen molar-refractivity contribution in [2.75, 3.05) is 0 Å². The molecule has 0 fully saturated rings. The average Bonchev–Trinajstić information content (AvgIpc) is 3.73. The standard InChI is InChI=1S/C48H31NO/c1-3-9-32(10-4-1)37-21-26-41-42-27-22-38(33-11-5-2-6-12-33)30-46(42)49(45(41)29-37)40-24-19-35(20-25-40)34-15-17-36(18-16-34)39-23-28-44-43-13-7-8-14-47(43)50-48(44)31-39/h1-31H. The molecule has 8 aromatic carbocycles. The summed E-state index contributed by atoms with van der Waals surface area (Å²) in [7, 11) is 0. The molecule has 10 aromatic rings. The maximum Gasteiger partial charge on any atom is 0.136 e. The van der Waals surface area contributed by atoms with Gasteiger partial charge >= 0.3 is 0 Å². The molecule has 0 saturated heterocycles. The number of fused-ring (bicyclic) bond motifs is 6. The predicted octanol–water partition coefficient (Wildman–Crippen LogP) is 13.4. The van der Waals surface area contributed by atoms with Gasteiger partial charge in [-0.2, -0.15) is 0 Å². The number of hydrogen-bond acceptors (Lipinski definition) is 1. The highest BCUT2D eigenvalue weighted by molar-refractivity contribution is 6.11. The normalized spacial score (nSPS) is 11.6. The first-order chi connectivity index (χ1) is 24.8. The fourth-order valence-electron chi connectivity index (χ4n) is 7.48. The maximum atomic E-state index is 6.16. The number of furan rings is 1. The number of nitrogens with zero attached hydrogens (tertiary/aromatic N) is 1. The van der Waals surface area contributed by atoms with Crippen molar-refractivity contribution < 1.29 is 4.42 Å². The smallest absolute Gasteiger partial charge is 0.136 e. The molecule has 2 nitrogen and oxygen atoms in total. The molecule has 234 valence electrons. The van der Waals surface area contributed by atoms with Gasteiger partial charge in [-0.05, 0) is 87.0 Å². The van der Waals surface area contributed by atoms with Gasteiger partial charge in [-0.15, -0.1) is 0 Å². The molecule has 0 spiro atoms. The SMILES string of the molecule is c1ccc(-c2ccc3c4ccc(-c5ccccc5)cc4n(-c4ccc(-c5ccc(-c6ccc7c(c6)oc6ccccc67)cc5)cc4)c3c2)cc1. The van der Waals surface area contributed by atoms with Crippen LogP contribution in [0.1, 0.15) is 0 Å². The Morgan fingerprint density at radius 3 is 1.26 bits per heavy atom. The van der Waals surface area contributed by atoms with Crippen molar-refractivity contribution in [2.45, 2.75) is 0 Å². The lowest BCUT2D eigenvalue weighted by Crippen LogP contribution is -1.94. The van der Waals surface area contributed by atoms with E-state index in [0.29, 0.717) is 0 Å². The third kappa shape index (κ3) is 4.73. The molecule has 0 unspecified atom stereocenters. The van der Waals surface area contributed by atoms with E-state index in [4.69, 9.17) is 4.42 Å². The van der Waals surface area contributed by atoms with Gasteiger partial charge in [0.25, 0.3) is 0 Å². The minimum absolute atomic E-state index is 0.917. The van der Waals surface area contributed by atoms with Gasteiger partial charge in [0, 0.05) is 27.2 Å². The van der Waals surface area contributed by atoms with Crippen LogP contribution in [-0.4, -0.2) is 4.57 Å². The topological polar surface area (TPSA) is 18.1 Å². The highest BCUT2D eigenvalue weighted by Crippen LogP contribution is 2.38. The molecule has 0 aliphatic rings. The molecular weight excluding hydrogens is 607 g/mol. The van der Waals surface area contributed by atoms with Crippen LogP contribution in [0.5, 0.6) is 0 Å². The van der Waals surface area contributed by atoms with Crippen LogP contribution in [-0.2, 0) is 0 Å². The summed E-state index contributed by atoms with van der Waals surface area (Å²) >= 11 is 0. The van der Waals surface area contributed by atoms with E-state index < -0.39 is 0 Å². The zero-order chi connectivity index (χ0) is 33.0. The average molecular weight is 638 g/mol. The lowest BCUT2D eigenvalue weighted by molar-refractivity contribution is 0.669. The molecule has 0 N–H and O–H groups in total. The molecule has 0 atom stereocenters. The summed E-state index contributed by atoms with van der Waals surface area (Å²) in [5, 5.41) is 4.80. The van der Waals surface area contributed by atoms with Crippen LogP contribution in [0.2, 0.25) is 0 Å². The van der Waals surface area contributed by atoms with Crippen LogP contribution in [0, 0.1) is 0 Å². The van der Waals surface area contributed by atoms with Crippen molar-refractivity contribution in [3.8, 4) is 50.2 Å². The fourth-order valence-corrected chi connectivity index (χ4v) is 7.48. The van der Waals surface area contributed by atoms with Gasteiger partial charge in [0.1, 0.15) is 11.2 Å². The Balaban J connectivity index is 1.04. The zero-order valence-corrected chi connectivity index (χ0v) is 27.3. The first kappa shape index (κ1) is 28.4. The summed E-state index contributed by atoms with van der Waals surface area (Å²) in [5.41, 5.74) is 14.9. The van der Waals surface area contributed by atoms with E-state index in [9.17, 15) is 0 Å². The Labute approximate surface area is 290 Å². The molecule has 0 aliphatic heterocycles. The van der Waals surface area contributed by atoms with Crippen LogP contribution >= 0.6 is 0 Å². The van der Waals surface area contributed by atoms with Crippen molar-refractivity contribution in [3.63, 3.8) is 0 Å². The van der Waals surface area contributed by atoms with Gasteiger partial charge in [-0.3, -0.25) is 0 Å².